The number of nitrogens with one attached hydrogen (secondary N) is 1. The lowest BCUT2D eigenvalue weighted by molar-refractivity contribution is -0.124. The van der Waals surface area contributed by atoms with Crippen LogP contribution in [0.4, 0.5) is 0 Å². The molecular formula is C15H19NO5. The first-order valence-electron chi connectivity index (χ1n) is 6.91. The Balaban J connectivity index is 1.77. The predicted molar refractivity (Wildman–Crippen MR) is 75.1 cm³/mol. The summed E-state index contributed by atoms with van der Waals surface area (Å²) in [5.74, 6) is -1.26. The maximum Gasteiger partial charge on any atom is 0.342 e. The van der Waals surface area contributed by atoms with E-state index in [-0.39, 0.29) is 29.9 Å². The Bertz CT molecular complexity index is 523. The summed E-state index contributed by atoms with van der Waals surface area (Å²) in [6.07, 6.45) is 1.98. The van der Waals surface area contributed by atoms with E-state index in [1.165, 1.54) is 12.1 Å². The highest BCUT2D eigenvalue weighted by molar-refractivity contribution is 5.94. The minimum Gasteiger partial charge on any atom is -0.507 e. The van der Waals surface area contributed by atoms with Crippen LogP contribution in [0, 0.1) is 6.92 Å². The van der Waals surface area contributed by atoms with Crippen LogP contribution in [0.25, 0.3) is 0 Å². The number of esters is 1. The molecule has 21 heavy (non-hydrogen) atoms. The van der Waals surface area contributed by atoms with Crippen molar-refractivity contribution in [2.75, 3.05) is 19.8 Å². The van der Waals surface area contributed by atoms with Crippen molar-refractivity contribution in [3.63, 3.8) is 0 Å². The molecule has 0 saturated carbocycles. The molecule has 6 heteroatoms. The normalized spacial score (nSPS) is 17.5. The molecule has 1 aromatic rings. The molecule has 0 bridgehead atoms. The Hall–Kier alpha value is -2.08. The second-order valence-corrected chi connectivity index (χ2v) is 5.04. The van der Waals surface area contributed by atoms with Gasteiger partial charge in [-0.1, -0.05) is 11.6 Å². The zero-order chi connectivity index (χ0) is 15.2. The summed E-state index contributed by atoms with van der Waals surface area (Å²) in [4.78, 5) is 23.4. The van der Waals surface area contributed by atoms with E-state index in [9.17, 15) is 14.7 Å². The molecule has 1 aromatic carbocycles. The maximum absolute atomic E-state index is 11.8. The van der Waals surface area contributed by atoms with Crippen LogP contribution in [0.1, 0.15) is 28.8 Å². The minimum absolute atomic E-state index is 0.0467. The van der Waals surface area contributed by atoms with Gasteiger partial charge in [0.1, 0.15) is 11.3 Å². The van der Waals surface area contributed by atoms with Gasteiger partial charge >= 0.3 is 5.97 Å². The molecule has 0 unspecified atom stereocenters. The molecular weight excluding hydrogens is 274 g/mol. The van der Waals surface area contributed by atoms with Crippen molar-refractivity contribution in [3.8, 4) is 5.75 Å². The number of carbonyl (C=O) groups excluding carboxylic acids is 2. The molecule has 1 amide bonds. The van der Waals surface area contributed by atoms with E-state index in [1.54, 1.807) is 13.0 Å². The van der Waals surface area contributed by atoms with Crippen LogP contribution in [0.5, 0.6) is 5.75 Å². The first kappa shape index (κ1) is 15.3. The quantitative estimate of drug-likeness (QED) is 0.796. The summed E-state index contributed by atoms with van der Waals surface area (Å²) in [6.45, 7) is 2.57. The Morgan fingerprint density at radius 1 is 1.48 bits per heavy atom. The first-order valence-corrected chi connectivity index (χ1v) is 6.91. The fourth-order valence-corrected chi connectivity index (χ4v) is 2.11. The number of phenolic OH excluding ortho intramolecular Hbond substituents is 1. The lowest BCUT2D eigenvalue weighted by Crippen LogP contribution is -2.34. The summed E-state index contributed by atoms with van der Waals surface area (Å²) in [6, 6.07) is 4.62. The molecule has 1 atom stereocenters. The van der Waals surface area contributed by atoms with E-state index in [0.29, 0.717) is 6.54 Å². The Morgan fingerprint density at radius 2 is 2.29 bits per heavy atom. The lowest BCUT2D eigenvalue weighted by atomic mass is 10.1. The molecule has 6 nitrogen and oxygen atoms in total. The summed E-state index contributed by atoms with van der Waals surface area (Å²) in [5, 5.41) is 12.3. The number of aromatic hydroxyl groups is 1. The zero-order valence-corrected chi connectivity index (χ0v) is 11.9. The molecule has 2 rings (SSSR count). The monoisotopic (exact) mass is 293 g/mol. The van der Waals surface area contributed by atoms with E-state index in [4.69, 9.17) is 9.47 Å². The van der Waals surface area contributed by atoms with Crippen LogP contribution in [0.3, 0.4) is 0 Å². The molecule has 1 aliphatic rings. The zero-order valence-electron chi connectivity index (χ0n) is 11.9. The van der Waals surface area contributed by atoms with Crippen molar-refractivity contribution in [2.24, 2.45) is 0 Å². The van der Waals surface area contributed by atoms with E-state index < -0.39 is 5.97 Å². The van der Waals surface area contributed by atoms with Crippen LogP contribution in [-0.4, -0.2) is 42.8 Å². The number of hydrogen-bond donors (Lipinski definition) is 2. The highest BCUT2D eigenvalue weighted by atomic mass is 16.5. The van der Waals surface area contributed by atoms with Gasteiger partial charge in [0.05, 0.1) is 6.10 Å². The SMILES string of the molecule is Cc1ccc(O)c(C(=O)OCC(=O)NC[C@H]2CCCO2)c1. The number of hydrogen-bond acceptors (Lipinski definition) is 5. The van der Waals surface area contributed by atoms with Gasteiger partial charge in [-0.05, 0) is 31.9 Å². The lowest BCUT2D eigenvalue weighted by Gasteiger charge is -2.11. The Labute approximate surface area is 123 Å². The largest absolute Gasteiger partial charge is 0.507 e. The highest BCUT2D eigenvalue weighted by Crippen LogP contribution is 2.19. The Morgan fingerprint density at radius 3 is 3.00 bits per heavy atom. The summed E-state index contributed by atoms with van der Waals surface area (Å²) in [5.41, 5.74) is 0.879. The second kappa shape index (κ2) is 7.08. The van der Waals surface area contributed by atoms with Crippen molar-refractivity contribution in [3.05, 3.63) is 29.3 Å². The molecule has 1 heterocycles. The van der Waals surface area contributed by atoms with Crippen molar-refractivity contribution < 1.29 is 24.2 Å². The average molecular weight is 293 g/mol. The van der Waals surface area contributed by atoms with E-state index in [2.05, 4.69) is 5.32 Å². The minimum atomic E-state index is -0.719. The van der Waals surface area contributed by atoms with Crippen LogP contribution >= 0.6 is 0 Å². The van der Waals surface area contributed by atoms with Gasteiger partial charge in [0.15, 0.2) is 6.61 Å². The third-order valence-electron chi connectivity index (χ3n) is 3.26. The topological polar surface area (TPSA) is 84.9 Å². The summed E-state index contributed by atoms with van der Waals surface area (Å²) in [7, 11) is 0. The average Bonchev–Trinajstić information content (AvgIpc) is 2.98. The third-order valence-corrected chi connectivity index (χ3v) is 3.26. The van der Waals surface area contributed by atoms with Gasteiger partial charge in [-0.25, -0.2) is 4.79 Å². The van der Waals surface area contributed by atoms with Gasteiger partial charge < -0.3 is 19.9 Å². The molecule has 0 spiro atoms. The summed E-state index contributed by atoms with van der Waals surface area (Å²) < 4.78 is 10.3. The first-order chi connectivity index (χ1) is 10.1. The van der Waals surface area contributed by atoms with Crippen LogP contribution in [-0.2, 0) is 14.3 Å². The van der Waals surface area contributed by atoms with Crippen LogP contribution < -0.4 is 5.32 Å². The molecule has 2 N–H and O–H groups in total. The van der Waals surface area contributed by atoms with Gasteiger partial charge in [-0.3, -0.25) is 4.79 Å². The number of ether oxygens (including phenoxy) is 2. The number of aryl methyl sites for hydroxylation is 1. The number of phenols is 1. The van der Waals surface area contributed by atoms with E-state index in [1.807, 2.05) is 0 Å². The molecule has 0 radical (unpaired) electrons. The Kier molecular flexibility index (Phi) is 5.16. The molecule has 1 aliphatic heterocycles. The molecule has 114 valence electrons. The van der Waals surface area contributed by atoms with Crippen LogP contribution in [0.15, 0.2) is 18.2 Å². The number of carbonyl (C=O) groups is 2. The van der Waals surface area contributed by atoms with E-state index >= 15 is 0 Å². The molecule has 0 aliphatic carbocycles. The number of amides is 1. The number of benzene rings is 1. The van der Waals surface area contributed by atoms with E-state index in [0.717, 1.165) is 25.0 Å². The van der Waals surface area contributed by atoms with Gasteiger partial charge in [0, 0.05) is 13.2 Å². The van der Waals surface area contributed by atoms with Crippen molar-refractivity contribution >= 4 is 11.9 Å². The van der Waals surface area contributed by atoms with Gasteiger partial charge in [0.25, 0.3) is 5.91 Å². The van der Waals surface area contributed by atoms with Gasteiger partial charge in [-0.2, -0.15) is 0 Å². The fourth-order valence-electron chi connectivity index (χ4n) is 2.11. The smallest absolute Gasteiger partial charge is 0.342 e. The number of rotatable bonds is 5. The van der Waals surface area contributed by atoms with Gasteiger partial charge in [0.2, 0.25) is 0 Å². The fraction of sp³-hybridized carbons (Fsp3) is 0.467. The molecule has 0 aromatic heterocycles. The molecule has 1 fully saturated rings. The standard InChI is InChI=1S/C15H19NO5/c1-10-4-5-13(17)12(7-10)15(19)21-9-14(18)16-8-11-3-2-6-20-11/h4-5,7,11,17H,2-3,6,8-9H2,1H3,(H,16,18)/t11-/m1/s1. The highest BCUT2D eigenvalue weighted by Gasteiger charge is 2.18. The van der Waals surface area contributed by atoms with Crippen molar-refractivity contribution in [1.82, 2.24) is 5.32 Å². The second-order valence-electron chi connectivity index (χ2n) is 5.04. The van der Waals surface area contributed by atoms with Crippen molar-refractivity contribution in [2.45, 2.75) is 25.9 Å². The van der Waals surface area contributed by atoms with Gasteiger partial charge in [-0.15, -0.1) is 0 Å². The maximum atomic E-state index is 11.8. The van der Waals surface area contributed by atoms with Crippen LogP contribution in [0.2, 0.25) is 0 Å². The third kappa shape index (κ3) is 4.46. The molecule has 1 saturated heterocycles. The summed E-state index contributed by atoms with van der Waals surface area (Å²) >= 11 is 0. The predicted octanol–water partition coefficient (Wildman–Crippen LogP) is 1.15. The van der Waals surface area contributed by atoms with Crippen molar-refractivity contribution in [1.29, 1.82) is 0 Å².